The molecule has 2 aliphatic heterocycles. The molecule has 2 heterocycles. The van der Waals surface area contributed by atoms with Crippen LogP contribution in [0.15, 0.2) is 78.9 Å². The third-order valence-electron chi connectivity index (χ3n) is 8.46. The van der Waals surface area contributed by atoms with E-state index in [0.717, 1.165) is 54.1 Å². The largest absolute Gasteiger partial charge is 0.489 e. The minimum absolute atomic E-state index is 0.0811. The fraction of sp³-hybridized carbons (Fsp3) is 0.500. The highest BCUT2D eigenvalue weighted by Gasteiger charge is 2.29. The normalized spacial score (nSPS) is 18.0. The number of likely N-dealkylation sites (tertiary alicyclic amines) is 1. The van der Waals surface area contributed by atoms with Crippen LogP contribution in [0.4, 0.5) is 14.4 Å². The molecule has 12 heteroatoms. The van der Waals surface area contributed by atoms with Crippen LogP contribution >= 0.6 is 0 Å². The molecule has 3 amide bonds. The maximum Gasteiger partial charge on any atom is 0.410 e. The Morgan fingerprint density at radius 2 is 1.22 bits per heavy atom. The van der Waals surface area contributed by atoms with E-state index in [1.807, 2.05) is 134 Å². The number of nitrogens with one attached hydrogen (secondary N) is 3. The molecule has 0 radical (unpaired) electrons. The van der Waals surface area contributed by atoms with Gasteiger partial charge in [0.15, 0.2) is 0 Å². The summed E-state index contributed by atoms with van der Waals surface area (Å²) in [5.41, 5.74) is 1.90. The number of hydrogen-bond donors (Lipinski definition) is 3. The monoisotopic (exact) mass is 746 g/mol. The number of alkyl carbamates (subject to hydrolysis) is 2. The van der Waals surface area contributed by atoms with Gasteiger partial charge in [0.2, 0.25) is 0 Å². The predicted molar refractivity (Wildman–Crippen MR) is 208 cm³/mol. The molecule has 2 unspecified atom stereocenters. The molecular formula is C42H58N4O8. The highest BCUT2D eigenvalue weighted by molar-refractivity contribution is 5.69. The number of hydrogen-bond acceptors (Lipinski definition) is 9. The number of carbonyl (C=O) groups excluding carboxylic acids is 3. The summed E-state index contributed by atoms with van der Waals surface area (Å²) in [5, 5.41) is 8.94. The minimum Gasteiger partial charge on any atom is -0.489 e. The van der Waals surface area contributed by atoms with Gasteiger partial charge in [-0.25, -0.2) is 14.4 Å². The van der Waals surface area contributed by atoms with Crippen molar-refractivity contribution in [2.24, 2.45) is 0 Å². The van der Waals surface area contributed by atoms with Crippen LogP contribution in [0.1, 0.15) is 97.0 Å². The summed E-state index contributed by atoms with van der Waals surface area (Å²) in [6.07, 6.45) is 0.785. The Bertz CT molecular complexity index is 1620. The van der Waals surface area contributed by atoms with Crippen LogP contribution in [0.25, 0.3) is 0 Å². The van der Waals surface area contributed by atoms with Crippen LogP contribution in [-0.2, 0) is 20.8 Å². The van der Waals surface area contributed by atoms with Crippen molar-refractivity contribution < 1.29 is 38.1 Å². The Kier molecular flexibility index (Phi) is 15.0. The van der Waals surface area contributed by atoms with Crippen LogP contribution in [0.5, 0.6) is 11.5 Å². The molecule has 3 aromatic rings. The van der Waals surface area contributed by atoms with E-state index in [1.54, 1.807) is 4.90 Å². The topological polar surface area (TPSA) is 137 Å². The Morgan fingerprint density at radius 1 is 0.722 bits per heavy atom. The minimum atomic E-state index is -0.537. The van der Waals surface area contributed by atoms with E-state index in [1.165, 1.54) is 0 Å². The molecule has 3 N–H and O–H groups in total. The van der Waals surface area contributed by atoms with Crippen molar-refractivity contribution in [1.82, 2.24) is 20.9 Å². The number of ether oxygens (including phenoxy) is 5. The summed E-state index contributed by atoms with van der Waals surface area (Å²) in [7, 11) is 0. The zero-order valence-electron chi connectivity index (χ0n) is 33.0. The first-order valence-corrected chi connectivity index (χ1v) is 18.7. The number of rotatable bonds is 10. The SMILES string of the molecule is C[C@H](NC(=O)OC(C)(C)C)c1ccc(OC2CCN(C(=O)OCc3ccccc3)C2)cc1.C[C@H](NC(=O)OC(C)(C)C)c1ccc(OC2CCNC2)cc1. The molecule has 0 bridgehead atoms. The molecule has 5 rings (SSSR count). The Balaban J connectivity index is 0.000000258. The van der Waals surface area contributed by atoms with E-state index < -0.39 is 23.4 Å². The Labute approximate surface area is 320 Å². The van der Waals surface area contributed by atoms with Crippen molar-refractivity contribution in [2.45, 2.75) is 110 Å². The van der Waals surface area contributed by atoms with E-state index >= 15 is 0 Å². The summed E-state index contributed by atoms with van der Waals surface area (Å²) < 4.78 is 27.9. The molecule has 54 heavy (non-hydrogen) atoms. The second kappa shape index (κ2) is 19.4. The molecule has 4 atom stereocenters. The molecule has 0 aliphatic carbocycles. The van der Waals surface area contributed by atoms with Crippen molar-refractivity contribution in [3.63, 3.8) is 0 Å². The van der Waals surface area contributed by atoms with Crippen molar-refractivity contribution in [3.8, 4) is 11.5 Å². The lowest BCUT2D eigenvalue weighted by Crippen LogP contribution is -2.34. The van der Waals surface area contributed by atoms with Crippen LogP contribution in [0.3, 0.4) is 0 Å². The molecule has 3 aromatic carbocycles. The van der Waals surface area contributed by atoms with E-state index in [9.17, 15) is 14.4 Å². The second-order valence-electron chi connectivity index (χ2n) is 15.6. The summed E-state index contributed by atoms with van der Waals surface area (Å²) in [5.74, 6) is 1.59. The fourth-order valence-corrected chi connectivity index (χ4v) is 5.72. The molecule has 0 aromatic heterocycles. The van der Waals surface area contributed by atoms with Gasteiger partial charge < -0.3 is 44.5 Å². The van der Waals surface area contributed by atoms with Gasteiger partial charge in [-0.2, -0.15) is 0 Å². The van der Waals surface area contributed by atoms with Crippen molar-refractivity contribution in [3.05, 3.63) is 95.6 Å². The summed E-state index contributed by atoms with van der Waals surface area (Å²) in [6.45, 7) is 18.1. The average Bonchev–Trinajstić information content (AvgIpc) is 3.79. The Hall–Kier alpha value is -4.97. The second-order valence-corrected chi connectivity index (χ2v) is 15.6. The highest BCUT2D eigenvalue weighted by atomic mass is 16.6. The molecule has 2 fully saturated rings. The zero-order valence-corrected chi connectivity index (χ0v) is 33.0. The summed E-state index contributed by atoms with van der Waals surface area (Å²) in [6, 6.07) is 24.7. The molecule has 2 saturated heterocycles. The van der Waals surface area contributed by atoms with Gasteiger partial charge in [-0.05, 0) is 109 Å². The van der Waals surface area contributed by atoms with Crippen LogP contribution < -0.4 is 25.4 Å². The molecule has 0 saturated carbocycles. The van der Waals surface area contributed by atoms with Gasteiger partial charge in [-0.15, -0.1) is 0 Å². The number of carbonyl (C=O) groups is 3. The lowest BCUT2D eigenvalue weighted by Gasteiger charge is -2.22. The molecule has 294 valence electrons. The van der Waals surface area contributed by atoms with E-state index in [2.05, 4.69) is 16.0 Å². The molecule has 12 nitrogen and oxygen atoms in total. The van der Waals surface area contributed by atoms with Crippen LogP contribution in [-0.4, -0.2) is 72.8 Å². The van der Waals surface area contributed by atoms with Crippen LogP contribution in [0.2, 0.25) is 0 Å². The van der Waals surface area contributed by atoms with Gasteiger partial charge >= 0.3 is 18.3 Å². The predicted octanol–water partition coefficient (Wildman–Crippen LogP) is 8.08. The first kappa shape index (κ1) is 41.8. The Morgan fingerprint density at radius 3 is 1.69 bits per heavy atom. The first-order chi connectivity index (χ1) is 25.5. The van der Waals surface area contributed by atoms with Gasteiger partial charge in [0.25, 0.3) is 0 Å². The van der Waals surface area contributed by atoms with Gasteiger partial charge in [0.05, 0.1) is 18.6 Å². The number of benzene rings is 3. The van der Waals surface area contributed by atoms with Gasteiger partial charge in [-0.3, -0.25) is 0 Å². The number of amides is 3. The van der Waals surface area contributed by atoms with Crippen molar-refractivity contribution in [2.75, 3.05) is 26.2 Å². The maximum absolute atomic E-state index is 12.3. The molecule has 2 aliphatic rings. The molecule has 0 spiro atoms. The van der Waals surface area contributed by atoms with Gasteiger partial charge in [0.1, 0.15) is 41.5 Å². The quantitative estimate of drug-likeness (QED) is 0.176. The average molecular weight is 747 g/mol. The lowest BCUT2D eigenvalue weighted by atomic mass is 10.1. The van der Waals surface area contributed by atoms with Crippen molar-refractivity contribution in [1.29, 1.82) is 0 Å². The highest BCUT2D eigenvalue weighted by Crippen LogP contribution is 2.23. The maximum atomic E-state index is 12.3. The lowest BCUT2D eigenvalue weighted by molar-refractivity contribution is 0.0496. The van der Waals surface area contributed by atoms with Crippen LogP contribution in [0, 0.1) is 0 Å². The molecular weight excluding hydrogens is 688 g/mol. The third-order valence-corrected chi connectivity index (χ3v) is 8.46. The fourth-order valence-electron chi connectivity index (χ4n) is 5.72. The summed E-state index contributed by atoms with van der Waals surface area (Å²) in [4.78, 5) is 37.7. The smallest absolute Gasteiger partial charge is 0.410 e. The van der Waals surface area contributed by atoms with E-state index in [0.29, 0.717) is 13.1 Å². The van der Waals surface area contributed by atoms with E-state index in [4.69, 9.17) is 23.7 Å². The van der Waals surface area contributed by atoms with Gasteiger partial charge in [-0.1, -0.05) is 54.6 Å². The third kappa shape index (κ3) is 14.8. The van der Waals surface area contributed by atoms with Crippen molar-refractivity contribution >= 4 is 18.3 Å². The number of nitrogens with zero attached hydrogens (tertiary/aromatic N) is 1. The van der Waals surface area contributed by atoms with E-state index in [-0.39, 0.29) is 37.0 Å². The first-order valence-electron chi connectivity index (χ1n) is 18.7. The summed E-state index contributed by atoms with van der Waals surface area (Å²) >= 11 is 0. The zero-order chi connectivity index (χ0) is 39.3. The standard InChI is InChI=1S/C25H32N2O5.C17H26N2O3/c1-18(26-23(28)32-25(2,3)4)20-10-12-21(13-11-20)31-22-14-15-27(16-22)24(29)30-17-19-8-6-5-7-9-19;1-12(19-16(20)22-17(2,3)4)13-5-7-14(8-6-13)21-15-9-10-18-11-15/h5-13,18,22H,14-17H2,1-4H3,(H,26,28);5-8,12,15,18H,9-11H2,1-4H3,(H,19,20)/t18-,22?;12-,15?/m00/s1. The van der Waals surface area contributed by atoms with Gasteiger partial charge in [0, 0.05) is 19.5 Å².